The lowest BCUT2D eigenvalue weighted by atomic mass is 10.1. The highest BCUT2D eigenvalue weighted by Crippen LogP contribution is 2.34. The van der Waals surface area contributed by atoms with E-state index in [2.05, 4.69) is 9.68 Å². The molecule has 0 radical (unpaired) electrons. The number of halogens is 3. The molecule has 84 valence electrons. The Bertz CT molecular complexity index is 507. The van der Waals surface area contributed by atoms with E-state index >= 15 is 0 Å². The minimum Gasteiger partial charge on any atom is -0.391 e. The second-order valence-corrected chi connectivity index (χ2v) is 3.79. The first-order chi connectivity index (χ1) is 7.65. The largest absolute Gasteiger partial charge is 0.391 e. The van der Waals surface area contributed by atoms with Crippen LogP contribution in [-0.4, -0.2) is 10.3 Å². The normalized spacial score (nSPS) is 10.8. The van der Waals surface area contributed by atoms with Gasteiger partial charge in [-0.2, -0.15) is 0 Å². The fourth-order valence-corrected chi connectivity index (χ4v) is 1.78. The third-order valence-corrected chi connectivity index (χ3v) is 2.71. The summed E-state index contributed by atoms with van der Waals surface area (Å²) in [5, 5.41) is 12.8. The number of aromatic nitrogens is 1. The molecule has 0 saturated carbocycles. The zero-order chi connectivity index (χ0) is 11.7. The topological polar surface area (TPSA) is 46.3 Å². The van der Waals surface area contributed by atoms with Gasteiger partial charge in [0.05, 0.1) is 22.8 Å². The van der Waals surface area contributed by atoms with E-state index in [0.717, 1.165) is 0 Å². The van der Waals surface area contributed by atoms with Crippen LogP contribution in [0.25, 0.3) is 11.3 Å². The molecule has 0 amide bonds. The molecule has 0 aliphatic heterocycles. The van der Waals surface area contributed by atoms with Crippen LogP contribution in [0, 0.1) is 5.82 Å². The molecule has 1 aromatic carbocycles. The fourth-order valence-electron chi connectivity index (χ4n) is 1.35. The van der Waals surface area contributed by atoms with Crippen LogP contribution in [0.15, 0.2) is 22.7 Å². The van der Waals surface area contributed by atoms with Crippen molar-refractivity contribution >= 4 is 23.2 Å². The third-order valence-electron chi connectivity index (χ3n) is 2.10. The summed E-state index contributed by atoms with van der Waals surface area (Å²) < 4.78 is 18.3. The Morgan fingerprint density at radius 3 is 2.75 bits per heavy atom. The highest BCUT2D eigenvalue weighted by atomic mass is 35.5. The molecule has 2 aromatic rings. The number of benzene rings is 1. The monoisotopic (exact) mass is 261 g/mol. The van der Waals surface area contributed by atoms with Gasteiger partial charge in [-0.05, 0) is 23.7 Å². The molecule has 0 saturated heterocycles. The summed E-state index contributed by atoms with van der Waals surface area (Å²) in [7, 11) is 0. The first-order valence-electron chi connectivity index (χ1n) is 4.34. The molecule has 0 spiro atoms. The molecule has 0 aliphatic carbocycles. The number of aliphatic hydroxyl groups is 1. The van der Waals surface area contributed by atoms with Gasteiger partial charge in [-0.1, -0.05) is 22.8 Å². The summed E-state index contributed by atoms with van der Waals surface area (Å²) in [6, 6.07) is 4.23. The maximum absolute atomic E-state index is 13.6. The zero-order valence-electron chi connectivity index (χ0n) is 7.88. The van der Waals surface area contributed by atoms with Crippen LogP contribution in [0.3, 0.4) is 0 Å². The van der Waals surface area contributed by atoms with Gasteiger partial charge < -0.3 is 9.63 Å². The Kier molecular flexibility index (Phi) is 3.14. The Morgan fingerprint density at radius 1 is 1.38 bits per heavy atom. The summed E-state index contributed by atoms with van der Waals surface area (Å²) in [6.07, 6.45) is 0. The van der Waals surface area contributed by atoms with E-state index in [1.165, 1.54) is 18.2 Å². The van der Waals surface area contributed by atoms with Crippen LogP contribution in [0.2, 0.25) is 10.2 Å². The number of aliphatic hydroxyl groups excluding tert-OH is 1. The van der Waals surface area contributed by atoms with Crippen LogP contribution in [0.1, 0.15) is 5.56 Å². The molecule has 2 rings (SSSR count). The van der Waals surface area contributed by atoms with Crippen molar-refractivity contribution in [2.24, 2.45) is 0 Å². The minimum absolute atomic E-state index is 0.0724. The lowest BCUT2D eigenvalue weighted by Crippen LogP contribution is -1.91. The molecule has 0 atom stereocenters. The molecule has 0 unspecified atom stereocenters. The van der Waals surface area contributed by atoms with Gasteiger partial charge in [-0.3, -0.25) is 0 Å². The number of nitrogens with zero attached hydrogens (tertiary/aromatic N) is 1. The highest BCUT2D eigenvalue weighted by molar-refractivity contribution is 6.33. The molecule has 3 nitrogen and oxygen atoms in total. The first kappa shape index (κ1) is 11.4. The quantitative estimate of drug-likeness (QED) is 0.903. The van der Waals surface area contributed by atoms with Gasteiger partial charge in [0, 0.05) is 0 Å². The Hall–Kier alpha value is -1.10. The van der Waals surface area contributed by atoms with Crippen molar-refractivity contribution in [3.05, 3.63) is 39.8 Å². The van der Waals surface area contributed by atoms with Gasteiger partial charge in [-0.25, -0.2) is 4.39 Å². The smallest absolute Gasteiger partial charge is 0.232 e. The number of hydrogen-bond acceptors (Lipinski definition) is 3. The van der Waals surface area contributed by atoms with Crippen LogP contribution >= 0.6 is 23.2 Å². The summed E-state index contributed by atoms with van der Waals surface area (Å²) in [4.78, 5) is 0. The fraction of sp³-hybridized carbons (Fsp3) is 0.100. The van der Waals surface area contributed by atoms with Gasteiger partial charge in [0.25, 0.3) is 0 Å². The molecule has 0 aliphatic rings. The molecule has 16 heavy (non-hydrogen) atoms. The summed E-state index contributed by atoms with van der Waals surface area (Å²) in [5.41, 5.74) is 0.410. The molecular formula is C10H6Cl2FNO2. The van der Waals surface area contributed by atoms with E-state index in [-0.39, 0.29) is 27.1 Å². The van der Waals surface area contributed by atoms with Gasteiger partial charge in [0.15, 0.2) is 0 Å². The van der Waals surface area contributed by atoms with Crippen molar-refractivity contribution < 1.29 is 14.0 Å². The number of rotatable bonds is 2. The molecule has 0 fully saturated rings. The van der Waals surface area contributed by atoms with E-state index in [0.29, 0.717) is 0 Å². The van der Waals surface area contributed by atoms with Crippen molar-refractivity contribution in [2.75, 3.05) is 0 Å². The van der Waals surface area contributed by atoms with Crippen molar-refractivity contribution in [2.45, 2.75) is 6.61 Å². The highest BCUT2D eigenvalue weighted by Gasteiger charge is 2.20. The second-order valence-electron chi connectivity index (χ2n) is 3.04. The lowest BCUT2D eigenvalue weighted by molar-refractivity contribution is 0.281. The predicted octanol–water partition coefficient (Wildman–Crippen LogP) is 3.28. The molecule has 1 aromatic heterocycles. The van der Waals surface area contributed by atoms with E-state index < -0.39 is 12.4 Å². The van der Waals surface area contributed by atoms with Crippen molar-refractivity contribution in [1.29, 1.82) is 0 Å². The van der Waals surface area contributed by atoms with Crippen molar-refractivity contribution in [1.82, 2.24) is 5.16 Å². The predicted molar refractivity (Wildman–Crippen MR) is 57.8 cm³/mol. The Morgan fingerprint density at radius 2 is 2.12 bits per heavy atom. The van der Waals surface area contributed by atoms with Gasteiger partial charge >= 0.3 is 0 Å². The Balaban J connectivity index is 2.67. The van der Waals surface area contributed by atoms with Crippen molar-refractivity contribution in [3.8, 4) is 11.3 Å². The van der Waals surface area contributed by atoms with E-state index in [1.807, 2.05) is 0 Å². The standard InChI is InChI=1S/C10H6Cl2FNO2/c11-6-2-1-3-7(13)8(6)9-5(4-15)10(12)16-14-9/h1-3,15H,4H2. The molecule has 1 N–H and O–H groups in total. The van der Waals surface area contributed by atoms with Crippen LogP contribution in [0.4, 0.5) is 4.39 Å². The van der Waals surface area contributed by atoms with Crippen LogP contribution in [-0.2, 0) is 6.61 Å². The summed E-state index contributed by atoms with van der Waals surface area (Å²) in [6.45, 7) is -0.400. The third kappa shape index (κ3) is 1.80. The van der Waals surface area contributed by atoms with Gasteiger partial charge in [0.2, 0.25) is 5.22 Å². The van der Waals surface area contributed by atoms with E-state index in [9.17, 15) is 4.39 Å². The maximum atomic E-state index is 13.6. The molecule has 1 heterocycles. The van der Waals surface area contributed by atoms with Crippen LogP contribution in [0.5, 0.6) is 0 Å². The van der Waals surface area contributed by atoms with E-state index in [1.54, 1.807) is 0 Å². The summed E-state index contributed by atoms with van der Waals surface area (Å²) >= 11 is 11.5. The molecule has 6 heteroatoms. The second kappa shape index (κ2) is 4.41. The van der Waals surface area contributed by atoms with Gasteiger partial charge in [0.1, 0.15) is 11.5 Å². The van der Waals surface area contributed by atoms with Gasteiger partial charge in [-0.15, -0.1) is 0 Å². The van der Waals surface area contributed by atoms with E-state index in [4.69, 9.17) is 28.3 Å². The molecular weight excluding hydrogens is 256 g/mol. The molecule has 0 bridgehead atoms. The average Bonchev–Trinajstić information content (AvgIpc) is 2.59. The number of hydrogen-bond donors (Lipinski definition) is 1. The minimum atomic E-state index is -0.549. The first-order valence-corrected chi connectivity index (χ1v) is 5.10. The zero-order valence-corrected chi connectivity index (χ0v) is 9.39. The summed E-state index contributed by atoms with van der Waals surface area (Å²) in [5.74, 6) is -0.549. The maximum Gasteiger partial charge on any atom is 0.232 e. The lowest BCUT2D eigenvalue weighted by Gasteiger charge is -2.03. The van der Waals surface area contributed by atoms with Crippen LogP contribution < -0.4 is 0 Å². The SMILES string of the molecule is OCc1c(-c2c(F)cccc2Cl)noc1Cl. The Labute approximate surface area is 100 Å². The average molecular weight is 262 g/mol. The van der Waals surface area contributed by atoms with Crippen molar-refractivity contribution in [3.63, 3.8) is 0 Å².